The molecule has 0 spiro atoms. The molecule has 0 unspecified atom stereocenters. The lowest BCUT2D eigenvalue weighted by Crippen LogP contribution is -2.44. The first-order valence-corrected chi connectivity index (χ1v) is 6.64. The first kappa shape index (κ1) is 16.0. The molecule has 21 heavy (non-hydrogen) atoms. The van der Waals surface area contributed by atoms with E-state index in [1.807, 2.05) is 0 Å². The fraction of sp³-hybridized carbons (Fsp3) is 0.385. The Hall–Kier alpha value is -1.37. The third kappa shape index (κ3) is 3.28. The van der Waals surface area contributed by atoms with Crippen LogP contribution in [0.4, 0.5) is 4.39 Å². The maximum absolute atomic E-state index is 12.9. The number of ether oxygens (including phenoxy) is 1. The Balaban J connectivity index is 0.00000161. The van der Waals surface area contributed by atoms with Gasteiger partial charge in [0.25, 0.3) is 5.89 Å². The van der Waals surface area contributed by atoms with Gasteiger partial charge in [-0.2, -0.15) is 4.98 Å². The number of benzene rings is 1. The monoisotopic (exact) mass is 333 g/mol. The maximum Gasteiger partial charge on any atom is 0.264 e. The summed E-state index contributed by atoms with van der Waals surface area (Å²) in [5.74, 6) is 0.765. The second-order valence-electron chi connectivity index (χ2n) is 4.88. The molecule has 2 aromatic rings. The standard InChI is InChI=1S/C13H13ClFN3O2.ClH/c14-9-6-8(15)2-3-10(9)19-7-11-17-12(18-20-11)13(16)4-1-5-13;/h2-3,6H,1,4-5,7,16H2;1H. The Labute approximate surface area is 132 Å². The van der Waals surface area contributed by atoms with E-state index in [0.29, 0.717) is 17.5 Å². The average molecular weight is 334 g/mol. The zero-order valence-electron chi connectivity index (χ0n) is 11.0. The van der Waals surface area contributed by atoms with E-state index in [2.05, 4.69) is 10.1 Å². The molecular weight excluding hydrogens is 320 g/mol. The lowest BCUT2D eigenvalue weighted by Gasteiger charge is -2.34. The molecular formula is C13H14Cl2FN3O2. The lowest BCUT2D eigenvalue weighted by molar-refractivity contribution is 0.223. The van der Waals surface area contributed by atoms with Gasteiger partial charge in [0, 0.05) is 0 Å². The van der Waals surface area contributed by atoms with Gasteiger partial charge in [-0.05, 0) is 37.5 Å². The second-order valence-corrected chi connectivity index (χ2v) is 5.29. The summed E-state index contributed by atoms with van der Waals surface area (Å²) in [6.07, 6.45) is 2.79. The SMILES string of the molecule is Cl.NC1(c2noc(COc3ccc(F)cc3Cl)n2)CCC1. The van der Waals surface area contributed by atoms with Gasteiger partial charge >= 0.3 is 0 Å². The molecule has 5 nitrogen and oxygen atoms in total. The Bertz CT molecular complexity index is 632. The summed E-state index contributed by atoms with van der Waals surface area (Å²) in [6, 6.07) is 3.90. The molecule has 8 heteroatoms. The van der Waals surface area contributed by atoms with Crippen molar-refractivity contribution in [2.24, 2.45) is 5.73 Å². The normalized spacial score (nSPS) is 16.0. The fourth-order valence-electron chi connectivity index (χ4n) is 2.03. The molecule has 1 aliphatic carbocycles. The van der Waals surface area contributed by atoms with Crippen LogP contribution in [0.1, 0.15) is 31.0 Å². The summed E-state index contributed by atoms with van der Waals surface area (Å²) in [6.45, 7) is 0.0639. The highest BCUT2D eigenvalue weighted by Gasteiger charge is 2.38. The number of nitrogens with two attached hydrogens (primary N) is 1. The highest BCUT2D eigenvalue weighted by atomic mass is 35.5. The summed E-state index contributed by atoms with van der Waals surface area (Å²) >= 11 is 5.85. The Morgan fingerprint density at radius 2 is 2.19 bits per heavy atom. The number of halogens is 3. The first-order valence-electron chi connectivity index (χ1n) is 6.27. The molecule has 0 atom stereocenters. The van der Waals surface area contributed by atoms with Gasteiger partial charge < -0.3 is 15.0 Å². The summed E-state index contributed by atoms with van der Waals surface area (Å²) in [5, 5.41) is 4.07. The van der Waals surface area contributed by atoms with Crippen molar-refractivity contribution >= 4 is 24.0 Å². The second kappa shape index (κ2) is 6.17. The van der Waals surface area contributed by atoms with Crippen LogP contribution in [0, 0.1) is 5.82 Å². The Morgan fingerprint density at radius 3 is 2.81 bits per heavy atom. The molecule has 1 aromatic carbocycles. The predicted octanol–water partition coefficient (Wildman–Crippen LogP) is 3.20. The van der Waals surface area contributed by atoms with Crippen molar-refractivity contribution in [3.8, 4) is 5.75 Å². The van der Waals surface area contributed by atoms with Crippen LogP contribution >= 0.6 is 24.0 Å². The largest absolute Gasteiger partial charge is 0.482 e. The van der Waals surface area contributed by atoms with Crippen molar-refractivity contribution in [2.75, 3.05) is 0 Å². The van der Waals surface area contributed by atoms with Crippen molar-refractivity contribution in [3.05, 3.63) is 40.8 Å². The van der Waals surface area contributed by atoms with E-state index in [9.17, 15) is 4.39 Å². The summed E-state index contributed by atoms with van der Waals surface area (Å²) in [7, 11) is 0. The van der Waals surface area contributed by atoms with Crippen LogP contribution in [0.5, 0.6) is 5.75 Å². The van der Waals surface area contributed by atoms with Crippen LogP contribution in [-0.2, 0) is 12.1 Å². The first-order chi connectivity index (χ1) is 9.57. The zero-order chi connectivity index (χ0) is 14.2. The zero-order valence-corrected chi connectivity index (χ0v) is 12.6. The number of nitrogens with zero attached hydrogens (tertiary/aromatic N) is 2. The van der Waals surface area contributed by atoms with Crippen molar-refractivity contribution < 1.29 is 13.7 Å². The predicted molar refractivity (Wildman–Crippen MR) is 77.0 cm³/mol. The van der Waals surface area contributed by atoms with Gasteiger partial charge in [0.15, 0.2) is 12.4 Å². The molecule has 0 amide bonds. The number of rotatable bonds is 4. The van der Waals surface area contributed by atoms with Gasteiger partial charge in [-0.25, -0.2) is 4.39 Å². The molecule has 1 aliphatic rings. The molecule has 1 fully saturated rings. The number of hydrogen-bond donors (Lipinski definition) is 1. The van der Waals surface area contributed by atoms with E-state index in [-0.39, 0.29) is 24.0 Å². The quantitative estimate of drug-likeness (QED) is 0.929. The van der Waals surface area contributed by atoms with Gasteiger partial charge in [-0.3, -0.25) is 0 Å². The van der Waals surface area contributed by atoms with Gasteiger partial charge in [0.05, 0.1) is 10.6 Å². The number of aromatic nitrogens is 2. The highest BCUT2D eigenvalue weighted by molar-refractivity contribution is 6.32. The minimum atomic E-state index is -0.463. The van der Waals surface area contributed by atoms with Crippen molar-refractivity contribution in [1.82, 2.24) is 10.1 Å². The number of hydrogen-bond acceptors (Lipinski definition) is 5. The van der Waals surface area contributed by atoms with E-state index in [0.717, 1.165) is 19.3 Å². The van der Waals surface area contributed by atoms with Crippen LogP contribution in [0.25, 0.3) is 0 Å². The average Bonchev–Trinajstić information content (AvgIpc) is 2.84. The van der Waals surface area contributed by atoms with E-state index >= 15 is 0 Å². The van der Waals surface area contributed by atoms with Crippen LogP contribution in [0.3, 0.4) is 0 Å². The minimum Gasteiger partial charge on any atom is -0.482 e. The molecule has 2 N–H and O–H groups in total. The molecule has 0 aliphatic heterocycles. The van der Waals surface area contributed by atoms with Crippen molar-refractivity contribution in [2.45, 2.75) is 31.4 Å². The van der Waals surface area contributed by atoms with Gasteiger partial charge in [0.1, 0.15) is 11.6 Å². The van der Waals surface area contributed by atoms with Crippen LogP contribution in [0.2, 0.25) is 5.02 Å². The molecule has 0 saturated heterocycles. The maximum atomic E-state index is 12.9. The molecule has 0 radical (unpaired) electrons. The summed E-state index contributed by atoms with van der Waals surface area (Å²) < 4.78 is 23.4. The fourth-order valence-corrected chi connectivity index (χ4v) is 2.25. The van der Waals surface area contributed by atoms with E-state index in [4.69, 9.17) is 26.6 Å². The highest BCUT2D eigenvalue weighted by Crippen LogP contribution is 2.37. The van der Waals surface area contributed by atoms with E-state index in [1.165, 1.54) is 18.2 Å². The Morgan fingerprint density at radius 1 is 1.43 bits per heavy atom. The third-order valence-electron chi connectivity index (χ3n) is 3.40. The molecule has 1 aromatic heterocycles. The van der Waals surface area contributed by atoms with Gasteiger partial charge in [0.2, 0.25) is 0 Å². The van der Waals surface area contributed by atoms with Crippen molar-refractivity contribution in [3.63, 3.8) is 0 Å². The summed E-state index contributed by atoms with van der Waals surface area (Å²) in [4.78, 5) is 4.22. The molecule has 1 saturated carbocycles. The van der Waals surface area contributed by atoms with Gasteiger partial charge in [-0.1, -0.05) is 16.8 Å². The molecule has 114 valence electrons. The Kier molecular flexibility index (Phi) is 4.70. The summed E-state index contributed by atoms with van der Waals surface area (Å²) in [5.41, 5.74) is 5.63. The minimum absolute atomic E-state index is 0. The molecule has 3 rings (SSSR count). The van der Waals surface area contributed by atoms with E-state index in [1.54, 1.807) is 0 Å². The van der Waals surface area contributed by atoms with Crippen LogP contribution in [0.15, 0.2) is 22.7 Å². The van der Waals surface area contributed by atoms with E-state index < -0.39 is 11.4 Å². The smallest absolute Gasteiger partial charge is 0.264 e. The molecule has 1 heterocycles. The van der Waals surface area contributed by atoms with Crippen LogP contribution < -0.4 is 10.5 Å². The third-order valence-corrected chi connectivity index (χ3v) is 3.70. The lowest BCUT2D eigenvalue weighted by atomic mass is 9.77. The topological polar surface area (TPSA) is 74.2 Å². The van der Waals surface area contributed by atoms with Crippen molar-refractivity contribution in [1.29, 1.82) is 0 Å². The van der Waals surface area contributed by atoms with Gasteiger partial charge in [-0.15, -0.1) is 12.4 Å². The van der Waals surface area contributed by atoms with Crippen LogP contribution in [-0.4, -0.2) is 10.1 Å². The molecule has 0 bridgehead atoms.